The summed E-state index contributed by atoms with van der Waals surface area (Å²) in [6.07, 6.45) is -3.65. The lowest BCUT2D eigenvalue weighted by Crippen LogP contribution is -2.48. The van der Waals surface area contributed by atoms with Crippen molar-refractivity contribution in [2.75, 3.05) is 27.1 Å². The van der Waals surface area contributed by atoms with Crippen LogP contribution in [0.4, 0.5) is 0 Å². The number of carbonyl (C=O) groups is 2. The summed E-state index contributed by atoms with van der Waals surface area (Å²) in [5, 5.41) is 18.3. The fourth-order valence-electron chi connectivity index (χ4n) is 1.12. The fraction of sp³-hybridized carbons (Fsp3) is 0.800. The van der Waals surface area contributed by atoms with Crippen LogP contribution >= 0.6 is 0 Å². The van der Waals surface area contributed by atoms with E-state index in [1.807, 2.05) is 0 Å². The van der Waals surface area contributed by atoms with E-state index in [-0.39, 0.29) is 18.7 Å². The predicted molar refractivity (Wildman–Crippen MR) is 55.4 cm³/mol. The smallest absolute Gasteiger partial charge is 0.306 e. The van der Waals surface area contributed by atoms with Crippen molar-refractivity contribution in [3.63, 3.8) is 0 Å². The van der Waals surface area contributed by atoms with Gasteiger partial charge in [-0.2, -0.15) is 0 Å². The third-order valence-electron chi connectivity index (χ3n) is 1.72. The molecule has 0 heterocycles. The molecule has 2 N–H and O–H groups in total. The molecule has 0 aromatic heterocycles. The second-order valence-corrected chi connectivity index (χ2v) is 3.86. The molecule has 0 saturated carbocycles. The number of ketones is 1. The Bertz CT molecular complexity index is 342. The van der Waals surface area contributed by atoms with Crippen LogP contribution in [-0.4, -0.2) is 59.7 Å². The van der Waals surface area contributed by atoms with E-state index in [9.17, 15) is 14.7 Å². The minimum atomic E-state index is -2.81. The van der Waals surface area contributed by atoms with E-state index in [1.165, 1.54) is 14.1 Å². The third kappa shape index (κ3) is 7.04. The SMILES string of the molecule is [2H]C(O)(CC(=O)O)C([2H])([2H])[N+](C)(C)CC(=O)CC. The molecule has 0 fully saturated rings. The van der Waals surface area contributed by atoms with Crippen molar-refractivity contribution in [3.05, 3.63) is 0 Å². The molecule has 0 aromatic carbocycles. The van der Waals surface area contributed by atoms with Crippen molar-refractivity contribution >= 4 is 11.8 Å². The number of likely N-dealkylation sites (N-methyl/N-ethyl adjacent to an activating group) is 1. The molecule has 0 radical (unpaired) electrons. The summed E-state index contributed by atoms with van der Waals surface area (Å²) in [6, 6.07) is 0. The zero-order valence-electron chi connectivity index (χ0n) is 12.3. The molecule has 5 heteroatoms. The summed E-state index contributed by atoms with van der Waals surface area (Å²) >= 11 is 0. The Labute approximate surface area is 94.1 Å². The topological polar surface area (TPSA) is 74.6 Å². The first-order valence-electron chi connectivity index (χ1n) is 6.16. The number of aliphatic carboxylic acids is 1. The van der Waals surface area contributed by atoms with Crippen LogP contribution < -0.4 is 0 Å². The minimum Gasteiger partial charge on any atom is -0.481 e. The molecule has 0 aromatic rings. The molecule has 0 bridgehead atoms. The molecule has 1 unspecified atom stereocenters. The maximum atomic E-state index is 11.4. The second-order valence-electron chi connectivity index (χ2n) is 3.86. The number of carboxylic acid groups (broad SMARTS) is 1. The minimum absolute atomic E-state index is 0.215. The highest BCUT2D eigenvalue weighted by molar-refractivity contribution is 5.79. The normalized spacial score (nSPS) is 19.6. The van der Waals surface area contributed by atoms with E-state index in [2.05, 4.69) is 0 Å². The molecule has 88 valence electrons. The van der Waals surface area contributed by atoms with Crippen LogP contribution in [0.5, 0.6) is 0 Å². The van der Waals surface area contributed by atoms with Gasteiger partial charge in [0, 0.05) is 6.42 Å². The highest BCUT2D eigenvalue weighted by atomic mass is 16.4. The number of Topliss-reactive ketones (excluding diaryl/α,β-unsaturated/α-hetero) is 1. The Hall–Kier alpha value is -0.940. The number of quaternary nitrogens is 1. The van der Waals surface area contributed by atoms with Gasteiger partial charge >= 0.3 is 5.97 Å². The van der Waals surface area contributed by atoms with E-state index in [0.717, 1.165) is 0 Å². The van der Waals surface area contributed by atoms with Gasteiger partial charge in [-0.25, -0.2) is 0 Å². The molecule has 0 rings (SSSR count). The number of nitrogens with zero attached hydrogens (tertiary/aromatic N) is 1. The number of aliphatic hydroxyl groups is 1. The van der Waals surface area contributed by atoms with Crippen molar-refractivity contribution in [3.8, 4) is 0 Å². The Kier molecular flexibility index (Phi) is 3.61. The quantitative estimate of drug-likeness (QED) is 0.588. The van der Waals surface area contributed by atoms with Crippen LogP contribution in [0.1, 0.15) is 23.9 Å². The number of hydrogen-bond donors (Lipinski definition) is 2. The first-order chi connectivity index (χ1) is 7.87. The van der Waals surface area contributed by atoms with Gasteiger partial charge in [0.1, 0.15) is 19.1 Å². The first-order valence-corrected chi connectivity index (χ1v) is 4.66. The Morgan fingerprint density at radius 3 is 2.47 bits per heavy atom. The summed E-state index contributed by atoms with van der Waals surface area (Å²) in [4.78, 5) is 21.9. The zero-order chi connectivity index (χ0) is 14.8. The van der Waals surface area contributed by atoms with Gasteiger partial charge in [-0.3, -0.25) is 9.59 Å². The number of carbonyl (C=O) groups excluding carboxylic acids is 1. The van der Waals surface area contributed by atoms with Crippen molar-refractivity contribution in [2.24, 2.45) is 0 Å². The summed E-state index contributed by atoms with van der Waals surface area (Å²) in [5.41, 5.74) is 0. The molecule has 0 aliphatic rings. The highest BCUT2D eigenvalue weighted by Gasteiger charge is 2.24. The predicted octanol–water partition coefficient (Wildman–Crippen LogP) is -0.122. The van der Waals surface area contributed by atoms with Gasteiger partial charge in [-0.15, -0.1) is 0 Å². The van der Waals surface area contributed by atoms with E-state index in [4.69, 9.17) is 9.22 Å². The van der Waals surface area contributed by atoms with Crippen LogP contribution in [0.15, 0.2) is 0 Å². The van der Waals surface area contributed by atoms with Gasteiger partial charge in [0.05, 0.1) is 24.6 Å². The van der Waals surface area contributed by atoms with E-state index in [0.29, 0.717) is 0 Å². The number of hydrogen-bond acceptors (Lipinski definition) is 3. The molecule has 0 aliphatic carbocycles. The monoisotopic (exact) mass is 221 g/mol. The second kappa shape index (κ2) is 5.82. The molecule has 5 nitrogen and oxygen atoms in total. The number of carboxylic acids is 1. The summed E-state index contributed by atoms with van der Waals surface area (Å²) < 4.78 is 22.4. The van der Waals surface area contributed by atoms with Crippen molar-refractivity contribution in [1.29, 1.82) is 0 Å². The average molecular weight is 221 g/mol. The van der Waals surface area contributed by atoms with E-state index < -0.39 is 29.5 Å². The zero-order valence-corrected chi connectivity index (χ0v) is 9.28. The van der Waals surface area contributed by atoms with Crippen molar-refractivity contribution in [1.82, 2.24) is 0 Å². The Morgan fingerprint density at radius 1 is 1.53 bits per heavy atom. The third-order valence-corrected chi connectivity index (χ3v) is 1.72. The summed E-state index contributed by atoms with van der Waals surface area (Å²) in [6.45, 7) is -1.18. The van der Waals surface area contributed by atoms with Crippen molar-refractivity contribution < 1.29 is 28.4 Å². The largest absolute Gasteiger partial charge is 0.481 e. The lowest BCUT2D eigenvalue weighted by Gasteiger charge is -2.30. The Balaban J connectivity index is 5.21. The number of rotatable bonds is 7. The molecule has 15 heavy (non-hydrogen) atoms. The lowest BCUT2D eigenvalue weighted by atomic mass is 10.2. The molecule has 0 aliphatic heterocycles. The highest BCUT2D eigenvalue weighted by Crippen LogP contribution is 2.04. The van der Waals surface area contributed by atoms with Gasteiger partial charge < -0.3 is 14.7 Å². The molecule has 0 saturated heterocycles. The maximum Gasteiger partial charge on any atom is 0.306 e. The summed E-state index contributed by atoms with van der Waals surface area (Å²) in [7, 11) is 2.68. The summed E-state index contributed by atoms with van der Waals surface area (Å²) in [5.74, 6) is -1.70. The fourth-order valence-corrected chi connectivity index (χ4v) is 1.12. The van der Waals surface area contributed by atoms with Crippen molar-refractivity contribution in [2.45, 2.75) is 25.8 Å². The van der Waals surface area contributed by atoms with E-state index >= 15 is 0 Å². The van der Waals surface area contributed by atoms with Crippen LogP contribution in [0, 0.1) is 0 Å². The van der Waals surface area contributed by atoms with Crippen LogP contribution in [-0.2, 0) is 9.59 Å². The van der Waals surface area contributed by atoms with Gasteiger partial charge in [-0.05, 0) is 0 Å². The maximum absolute atomic E-state index is 11.4. The van der Waals surface area contributed by atoms with Crippen LogP contribution in [0.3, 0.4) is 0 Å². The van der Waals surface area contributed by atoms with Crippen LogP contribution in [0.25, 0.3) is 0 Å². The molecule has 1 atom stereocenters. The molecule has 0 amide bonds. The first kappa shape index (κ1) is 9.30. The molecule has 0 spiro atoms. The average Bonchev–Trinajstić information content (AvgIpc) is 2.14. The molecular formula is C10H20NO4+. The standard InChI is InChI=1S/C10H19NO4/c1-4-8(12)6-11(2,3)7-9(13)5-10(14)15/h9,13H,4-7H2,1-3H3/p+1/i7D2,9D. The van der Waals surface area contributed by atoms with Gasteiger partial charge in [0.15, 0.2) is 5.78 Å². The van der Waals surface area contributed by atoms with Gasteiger partial charge in [0.2, 0.25) is 0 Å². The van der Waals surface area contributed by atoms with E-state index in [1.54, 1.807) is 6.92 Å². The van der Waals surface area contributed by atoms with Gasteiger partial charge in [0.25, 0.3) is 0 Å². The lowest BCUT2D eigenvalue weighted by molar-refractivity contribution is -0.885. The molecular weight excluding hydrogens is 198 g/mol. The van der Waals surface area contributed by atoms with Crippen LogP contribution in [0.2, 0.25) is 0 Å². The van der Waals surface area contributed by atoms with Gasteiger partial charge in [-0.1, -0.05) is 6.92 Å². The Morgan fingerprint density at radius 2 is 2.07 bits per heavy atom.